The zero-order chi connectivity index (χ0) is 15.2. The highest BCUT2D eigenvalue weighted by Gasteiger charge is 2.09. The van der Waals surface area contributed by atoms with E-state index < -0.39 is 0 Å². The van der Waals surface area contributed by atoms with Gasteiger partial charge in [0.15, 0.2) is 0 Å². The van der Waals surface area contributed by atoms with E-state index in [1.807, 2.05) is 24.3 Å². The van der Waals surface area contributed by atoms with Gasteiger partial charge >= 0.3 is 0 Å². The summed E-state index contributed by atoms with van der Waals surface area (Å²) in [6.45, 7) is 2.70. The molecular weight excluding hydrogens is 268 g/mol. The van der Waals surface area contributed by atoms with Gasteiger partial charge in [-0.05, 0) is 30.2 Å². The largest absolute Gasteiger partial charge is 0.380 e. The third kappa shape index (κ3) is 4.03. The van der Waals surface area contributed by atoms with E-state index in [1.165, 1.54) is 6.07 Å². The molecule has 2 N–H and O–H groups in total. The van der Waals surface area contributed by atoms with Gasteiger partial charge in [0.2, 0.25) is 0 Å². The molecule has 0 saturated heterocycles. The molecule has 0 atom stereocenters. The van der Waals surface area contributed by atoms with Crippen molar-refractivity contribution < 1.29 is 9.53 Å². The number of aromatic amines is 1. The van der Waals surface area contributed by atoms with Crippen molar-refractivity contribution in [1.82, 2.24) is 10.3 Å². The molecule has 110 valence electrons. The smallest absolute Gasteiger partial charge is 0.260 e. The molecule has 1 aromatic heterocycles. The number of benzene rings is 1. The normalized spacial score (nSPS) is 10.4. The number of carbonyl (C=O) groups excluding carboxylic acids is 1. The Hall–Kier alpha value is -2.40. The number of hydrogen-bond donors (Lipinski definition) is 2. The van der Waals surface area contributed by atoms with Crippen molar-refractivity contribution in [2.24, 2.45) is 0 Å². The summed E-state index contributed by atoms with van der Waals surface area (Å²) in [6, 6.07) is 11.0. The third-order valence-electron chi connectivity index (χ3n) is 3.09. The van der Waals surface area contributed by atoms with Crippen LogP contribution in [0.5, 0.6) is 0 Å². The monoisotopic (exact) mass is 286 g/mol. The summed E-state index contributed by atoms with van der Waals surface area (Å²) < 4.78 is 5.04. The van der Waals surface area contributed by atoms with Crippen LogP contribution in [-0.4, -0.2) is 18.0 Å². The molecule has 21 heavy (non-hydrogen) atoms. The summed E-state index contributed by atoms with van der Waals surface area (Å²) in [4.78, 5) is 26.3. The minimum absolute atomic E-state index is 0.122. The molecule has 0 aliphatic carbocycles. The van der Waals surface area contributed by atoms with Gasteiger partial charge in [-0.3, -0.25) is 9.59 Å². The second-order valence-electron chi connectivity index (χ2n) is 4.82. The third-order valence-corrected chi connectivity index (χ3v) is 3.09. The van der Waals surface area contributed by atoms with Crippen LogP contribution in [0.4, 0.5) is 0 Å². The highest BCUT2D eigenvalue weighted by atomic mass is 16.5. The summed E-state index contributed by atoms with van der Waals surface area (Å²) in [5, 5.41) is 2.74. The number of aryl methyl sites for hydroxylation is 1. The molecule has 1 aromatic carbocycles. The molecule has 0 fully saturated rings. The average molecular weight is 286 g/mol. The van der Waals surface area contributed by atoms with Gasteiger partial charge in [0.05, 0.1) is 6.61 Å². The summed E-state index contributed by atoms with van der Waals surface area (Å²) >= 11 is 0. The lowest BCUT2D eigenvalue weighted by Gasteiger charge is -2.06. The summed E-state index contributed by atoms with van der Waals surface area (Å²) in [7, 11) is 1.65. The Balaban J connectivity index is 1.99. The van der Waals surface area contributed by atoms with E-state index in [-0.39, 0.29) is 17.0 Å². The standard InChI is InChI=1S/C16H18N2O3/c1-11-3-8-14(16(20)18-11)15(19)17-9-12-4-6-13(7-5-12)10-21-2/h3-8H,9-10H2,1-2H3,(H,17,19)(H,18,20). The minimum atomic E-state index is -0.378. The van der Waals surface area contributed by atoms with Gasteiger partial charge in [0, 0.05) is 19.3 Å². The molecule has 0 radical (unpaired) electrons. The number of nitrogens with one attached hydrogen (secondary N) is 2. The van der Waals surface area contributed by atoms with Crippen LogP contribution in [0.15, 0.2) is 41.2 Å². The van der Waals surface area contributed by atoms with Crippen molar-refractivity contribution in [2.45, 2.75) is 20.1 Å². The maximum atomic E-state index is 12.0. The van der Waals surface area contributed by atoms with Gasteiger partial charge in [-0.1, -0.05) is 24.3 Å². The van der Waals surface area contributed by atoms with Crippen molar-refractivity contribution >= 4 is 5.91 Å². The molecule has 5 heteroatoms. The Morgan fingerprint density at radius 3 is 2.43 bits per heavy atom. The lowest BCUT2D eigenvalue weighted by atomic mass is 10.1. The topological polar surface area (TPSA) is 71.2 Å². The molecule has 0 spiro atoms. The Morgan fingerprint density at radius 2 is 1.81 bits per heavy atom. The summed E-state index contributed by atoms with van der Waals surface area (Å²) in [6.07, 6.45) is 0. The quantitative estimate of drug-likeness (QED) is 0.879. The van der Waals surface area contributed by atoms with Gasteiger partial charge in [0.1, 0.15) is 5.56 Å². The number of pyridine rings is 1. The Labute approximate surface area is 123 Å². The highest BCUT2D eigenvalue weighted by molar-refractivity contribution is 5.93. The zero-order valence-electron chi connectivity index (χ0n) is 12.1. The van der Waals surface area contributed by atoms with E-state index in [0.717, 1.165) is 16.8 Å². The van der Waals surface area contributed by atoms with Crippen molar-refractivity contribution in [2.75, 3.05) is 7.11 Å². The summed E-state index contributed by atoms with van der Waals surface area (Å²) in [5.74, 6) is -0.378. The second-order valence-corrected chi connectivity index (χ2v) is 4.82. The van der Waals surface area contributed by atoms with E-state index in [0.29, 0.717) is 13.2 Å². The Morgan fingerprint density at radius 1 is 1.14 bits per heavy atom. The SMILES string of the molecule is COCc1ccc(CNC(=O)c2ccc(C)[nH]c2=O)cc1. The molecule has 0 aliphatic rings. The summed E-state index contributed by atoms with van der Waals surface area (Å²) in [5.41, 5.74) is 2.51. The predicted molar refractivity (Wildman–Crippen MR) is 80.1 cm³/mol. The first kappa shape index (κ1) is 15.0. The maximum Gasteiger partial charge on any atom is 0.260 e. The molecule has 1 heterocycles. The highest BCUT2D eigenvalue weighted by Crippen LogP contribution is 2.05. The molecule has 0 aliphatic heterocycles. The first-order valence-corrected chi connectivity index (χ1v) is 6.65. The maximum absolute atomic E-state index is 12.0. The minimum Gasteiger partial charge on any atom is -0.380 e. The van der Waals surface area contributed by atoms with Crippen LogP contribution in [0.2, 0.25) is 0 Å². The number of carbonyl (C=O) groups is 1. The number of amides is 1. The van der Waals surface area contributed by atoms with Crippen LogP contribution in [0, 0.1) is 6.92 Å². The lowest BCUT2D eigenvalue weighted by molar-refractivity contribution is 0.0949. The molecule has 0 saturated carbocycles. The van der Waals surface area contributed by atoms with Gasteiger partial charge in [-0.15, -0.1) is 0 Å². The fraction of sp³-hybridized carbons (Fsp3) is 0.250. The molecule has 5 nitrogen and oxygen atoms in total. The van der Waals surface area contributed by atoms with Gasteiger partial charge in [-0.25, -0.2) is 0 Å². The van der Waals surface area contributed by atoms with Crippen LogP contribution in [0.25, 0.3) is 0 Å². The van der Waals surface area contributed by atoms with Crippen molar-refractivity contribution in [3.05, 3.63) is 69.1 Å². The number of methoxy groups -OCH3 is 1. The molecule has 1 amide bonds. The fourth-order valence-corrected chi connectivity index (χ4v) is 1.95. The second kappa shape index (κ2) is 6.85. The lowest BCUT2D eigenvalue weighted by Crippen LogP contribution is -2.29. The first-order chi connectivity index (χ1) is 10.1. The first-order valence-electron chi connectivity index (χ1n) is 6.65. The van der Waals surface area contributed by atoms with Gasteiger partial charge < -0.3 is 15.0 Å². The number of hydrogen-bond acceptors (Lipinski definition) is 3. The number of rotatable bonds is 5. The number of H-pyrrole nitrogens is 1. The van der Waals surface area contributed by atoms with Crippen LogP contribution >= 0.6 is 0 Å². The van der Waals surface area contributed by atoms with Crippen LogP contribution in [0.3, 0.4) is 0 Å². The van der Waals surface area contributed by atoms with Crippen LogP contribution < -0.4 is 10.9 Å². The van der Waals surface area contributed by atoms with E-state index in [4.69, 9.17) is 4.74 Å². The average Bonchev–Trinajstić information content (AvgIpc) is 2.46. The van der Waals surface area contributed by atoms with E-state index in [2.05, 4.69) is 10.3 Å². The molecular formula is C16H18N2O3. The van der Waals surface area contributed by atoms with E-state index >= 15 is 0 Å². The number of aromatic nitrogens is 1. The molecule has 0 unspecified atom stereocenters. The van der Waals surface area contributed by atoms with Crippen molar-refractivity contribution in [1.29, 1.82) is 0 Å². The Bertz CT molecular complexity index is 675. The zero-order valence-corrected chi connectivity index (χ0v) is 12.1. The van der Waals surface area contributed by atoms with Crippen LogP contribution in [0.1, 0.15) is 27.2 Å². The van der Waals surface area contributed by atoms with Gasteiger partial charge in [0.25, 0.3) is 11.5 Å². The number of ether oxygens (including phenoxy) is 1. The van der Waals surface area contributed by atoms with E-state index in [9.17, 15) is 9.59 Å². The van der Waals surface area contributed by atoms with Crippen LogP contribution in [-0.2, 0) is 17.9 Å². The van der Waals surface area contributed by atoms with Crippen molar-refractivity contribution in [3.8, 4) is 0 Å². The molecule has 0 bridgehead atoms. The Kier molecular flexibility index (Phi) is 4.90. The predicted octanol–water partition coefficient (Wildman–Crippen LogP) is 1.76. The molecule has 2 aromatic rings. The molecule has 2 rings (SSSR count). The fourth-order valence-electron chi connectivity index (χ4n) is 1.95. The van der Waals surface area contributed by atoms with Crippen molar-refractivity contribution in [3.63, 3.8) is 0 Å². The van der Waals surface area contributed by atoms with E-state index in [1.54, 1.807) is 20.1 Å². The van der Waals surface area contributed by atoms with Gasteiger partial charge in [-0.2, -0.15) is 0 Å².